The van der Waals surface area contributed by atoms with Crippen molar-refractivity contribution in [3.63, 3.8) is 0 Å². The van der Waals surface area contributed by atoms with Crippen LogP contribution in [-0.2, 0) is 28.6 Å². The molecule has 0 aliphatic carbocycles. The minimum absolute atomic E-state index is 0.0439. The number of amides is 4. The monoisotopic (exact) mass is 1620 g/mol. The molecule has 0 radical (unpaired) electrons. The number of hydrogen-bond acceptors (Lipinski definition) is 12. The van der Waals surface area contributed by atoms with E-state index in [1.807, 2.05) is 12.2 Å². The predicted molar refractivity (Wildman–Crippen MR) is 490 cm³/mol. The van der Waals surface area contributed by atoms with Crippen LogP contribution in [0.1, 0.15) is 220 Å². The molecule has 0 saturated heterocycles. The number of Topliss-reactive ketones (excluding diaryl/α,β-unsaturated/α-hetero) is 2. The summed E-state index contributed by atoms with van der Waals surface area (Å²) in [6.45, 7) is 7.30. The maximum atomic E-state index is 12.0. The highest BCUT2D eigenvalue weighted by Crippen LogP contribution is 2.08. The molecule has 0 aromatic carbocycles. The van der Waals surface area contributed by atoms with Gasteiger partial charge in [-0.3, -0.25) is 46.6 Å². The Morgan fingerprint density at radius 1 is 0.291 bits per heavy atom. The number of ketones is 2. The minimum atomic E-state index is -0.761. The lowest BCUT2D eigenvalue weighted by molar-refractivity contribution is -0.121. The summed E-state index contributed by atoms with van der Waals surface area (Å²) in [5.74, 6) is -0.566. The second-order valence-corrected chi connectivity index (χ2v) is 26.5. The molecule has 0 heterocycles. The highest BCUT2D eigenvalue weighted by Gasteiger charge is 2.10. The number of ether oxygens (including phenoxy) is 3. The first-order valence-electron chi connectivity index (χ1n) is 41.2. The molecule has 0 atom stereocenters. The number of guanidine groups is 6. The van der Waals surface area contributed by atoms with Crippen LogP contribution in [0.25, 0.3) is 0 Å². The van der Waals surface area contributed by atoms with E-state index in [-0.39, 0.29) is 73.1 Å². The van der Waals surface area contributed by atoms with Gasteiger partial charge in [-0.05, 0) is 167 Å². The van der Waals surface area contributed by atoms with Gasteiger partial charge in [0.15, 0.2) is 0 Å². The van der Waals surface area contributed by atoms with E-state index in [0.29, 0.717) is 70.8 Å². The zero-order valence-corrected chi connectivity index (χ0v) is 72.1. The number of carbonyl (C=O) groups excluding carboxylic acids is 6. The normalized spacial score (nSPS) is 12.6. The van der Waals surface area contributed by atoms with Crippen molar-refractivity contribution in [2.24, 2.45) is 32.2 Å². The molecule has 0 unspecified atom stereocenters. The Morgan fingerprint density at radius 3 is 0.769 bits per heavy atom. The number of unbranched alkanes of at least 4 members (excludes halogenated alkanes) is 2. The van der Waals surface area contributed by atoms with Crippen LogP contribution in [0, 0.1) is 16.2 Å². The highest BCUT2D eigenvalue weighted by molar-refractivity contribution is 6.01. The Balaban J connectivity index is -0.00000167. The third-order valence-corrected chi connectivity index (χ3v) is 15.2. The lowest BCUT2D eigenvalue weighted by Crippen LogP contribution is -2.39. The molecule has 0 fully saturated rings. The van der Waals surface area contributed by atoms with Crippen LogP contribution < -0.4 is 38.5 Å². The average Bonchev–Trinajstić information content (AvgIpc) is 0.961. The van der Waals surface area contributed by atoms with E-state index in [4.69, 9.17) is 47.6 Å². The van der Waals surface area contributed by atoms with Crippen molar-refractivity contribution in [3.8, 4) is 0 Å². The quantitative estimate of drug-likeness (QED) is 0.00889. The Morgan fingerprint density at radius 2 is 0.513 bits per heavy atom. The third-order valence-electron chi connectivity index (χ3n) is 15.2. The summed E-state index contributed by atoms with van der Waals surface area (Å²) < 4.78 is 15.0. The molecule has 648 valence electrons. The zero-order chi connectivity index (χ0) is 86.9. The van der Waals surface area contributed by atoms with Gasteiger partial charge in [0.2, 0.25) is 41.7 Å². The van der Waals surface area contributed by atoms with Crippen LogP contribution in [0.5, 0.6) is 0 Å². The summed E-state index contributed by atoms with van der Waals surface area (Å²) in [7, 11) is 9.83. The molecule has 0 aliphatic heterocycles. The van der Waals surface area contributed by atoms with Gasteiger partial charge in [0.05, 0.1) is 19.8 Å². The Bertz CT molecular complexity index is 3380. The van der Waals surface area contributed by atoms with Gasteiger partial charge in [0, 0.05) is 80.9 Å². The Labute approximate surface area is 702 Å². The Kier molecular flexibility index (Phi) is 80.5. The van der Waals surface area contributed by atoms with Crippen molar-refractivity contribution in [1.82, 2.24) is 36.0 Å². The van der Waals surface area contributed by atoms with Crippen LogP contribution >= 0.6 is 0 Å². The molecule has 4 amide bonds. The molecule has 0 spiro atoms. The first-order chi connectivity index (χ1) is 56.6. The second-order valence-electron chi connectivity index (χ2n) is 26.5. The van der Waals surface area contributed by atoms with Crippen LogP contribution in [0.2, 0.25) is 0 Å². The molecule has 0 aliphatic rings. The summed E-state index contributed by atoms with van der Waals surface area (Å²) in [5, 5.41) is 32.1. The van der Waals surface area contributed by atoms with Crippen molar-refractivity contribution in [3.05, 3.63) is 219 Å². The molecular weight excluding hydrogens is 1470 g/mol. The topological polar surface area (TPSA) is 375 Å². The summed E-state index contributed by atoms with van der Waals surface area (Å²) in [4.78, 5) is 86.1. The van der Waals surface area contributed by atoms with Gasteiger partial charge in [-0.2, -0.15) is 15.0 Å². The number of alkyl carbamates (subject to hydrolysis) is 3. The fourth-order valence-corrected chi connectivity index (χ4v) is 8.77. The predicted octanol–water partition coefficient (Wildman–Crippen LogP) is 19.0. The van der Waals surface area contributed by atoms with Gasteiger partial charge >= 0.3 is 18.3 Å². The van der Waals surface area contributed by atoms with E-state index in [2.05, 4.69) is 264 Å². The molecular formula is C92H146N16O9. The second kappa shape index (κ2) is 85.6. The van der Waals surface area contributed by atoms with Gasteiger partial charge in [0.25, 0.3) is 0 Å². The fourth-order valence-electron chi connectivity index (χ4n) is 8.77. The van der Waals surface area contributed by atoms with Gasteiger partial charge in [0.1, 0.15) is 11.6 Å². The Hall–Kier alpha value is -11.2. The van der Waals surface area contributed by atoms with Gasteiger partial charge < -0.3 is 51.4 Å². The van der Waals surface area contributed by atoms with Gasteiger partial charge in [-0.15, -0.1) is 0 Å². The van der Waals surface area contributed by atoms with Crippen LogP contribution in [0.15, 0.2) is 234 Å². The number of hydrogen-bond donors (Lipinski definition) is 10. The zero-order valence-electron chi connectivity index (χ0n) is 72.1. The lowest BCUT2D eigenvalue weighted by Gasteiger charge is -2.10. The van der Waals surface area contributed by atoms with E-state index >= 15 is 0 Å². The lowest BCUT2D eigenvalue weighted by atomic mass is 10.1. The smallest absolute Gasteiger partial charge is 0.413 e. The number of nitrogens with one attached hydrogen (secondary N) is 7. The molecule has 117 heavy (non-hydrogen) atoms. The molecule has 13 N–H and O–H groups in total. The highest BCUT2D eigenvalue weighted by atomic mass is 16.6. The van der Waals surface area contributed by atoms with Crippen molar-refractivity contribution in [1.29, 1.82) is 16.2 Å². The van der Waals surface area contributed by atoms with Crippen LogP contribution in [0.3, 0.4) is 0 Å². The first-order valence-corrected chi connectivity index (χ1v) is 41.2. The molecule has 0 bridgehead atoms. The van der Waals surface area contributed by atoms with Crippen LogP contribution in [-0.4, -0.2) is 155 Å². The van der Waals surface area contributed by atoms with E-state index < -0.39 is 18.3 Å². The number of allylic oxidation sites excluding steroid dienone is 36. The summed E-state index contributed by atoms with van der Waals surface area (Å²) in [6, 6.07) is 0. The van der Waals surface area contributed by atoms with Gasteiger partial charge in [-0.25, -0.2) is 14.4 Å². The minimum Gasteiger partial charge on any atom is -0.449 e. The van der Waals surface area contributed by atoms with E-state index in [1.54, 1.807) is 42.3 Å². The van der Waals surface area contributed by atoms with Crippen molar-refractivity contribution in [2.45, 2.75) is 220 Å². The summed E-state index contributed by atoms with van der Waals surface area (Å²) >= 11 is 0. The maximum Gasteiger partial charge on any atom is 0.413 e. The van der Waals surface area contributed by atoms with Crippen molar-refractivity contribution in [2.75, 3.05) is 68.7 Å². The number of carbonyl (C=O) groups is 6. The van der Waals surface area contributed by atoms with Crippen molar-refractivity contribution >= 4 is 71.5 Å². The summed E-state index contributed by atoms with van der Waals surface area (Å²) in [5.41, 5.74) is 16.6. The van der Waals surface area contributed by atoms with Crippen molar-refractivity contribution < 1.29 is 43.0 Å². The number of nitrogens with two attached hydrogens (primary N) is 3. The van der Waals surface area contributed by atoms with E-state index in [1.165, 1.54) is 14.7 Å². The molecule has 0 rings (SSSR count). The molecule has 25 heteroatoms. The maximum absolute atomic E-state index is 12.0. The molecule has 0 aromatic heterocycles. The first kappa shape index (κ1) is 110. The van der Waals surface area contributed by atoms with E-state index in [9.17, 15) is 28.8 Å². The molecule has 0 saturated carbocycles. The number of nitrogens with zero attached hydrogens (tertiary/aromatic N) is 6. The number of aliphatic imine (C=N–C) groups is 3. The van der Waals surface area contributed by atoms with Gasteiger partial charge in [-0.1, -0.05) is 240 Å². The van der Waals surface area contributed by atoms with E-state index in [0.717, 1.165) is 135 Å². The van der Waals surface area contributed by atoms with Crippen LogP contribution in [0.4, 0.5) is 14.4 Å². The third kappa shape index (κ3) is 88.6. The fraction of sp³-hybridized carbons (Fsp3) is 0.478. The average molecular weight is 1620 g/mol. The summed E-state index contributed by atoms with van der Waals surface area (Å²) in [6.07, 6.45) is 101. The standard InChI is InChI=1S/C32H51N5O3.C30H48N6O3.C30H47N5O3/c1-4-5-6-7-8-9-10-11-12-13-14-15-16-17-18-19-20-21-23-26-29(38)27-24-22-25-28-40-32(39)36-30(33)35-31(34)37(2)3;1-4-5-6-7-8-9-10-11-12-13-14-15-16-17-18-19-20-21-22-24-27(37)33-25-23-26-39-30(38)35-28(31)34-29(32)36(2)3;1-4-5-6-7-8-9-10-11-12-13-14-15-16-17-18-19-20-21-22-24-27(36)25-23-26-38-30(37)34-28(31)33-29(32)35(2)3/h5-6,8-9,11-12,14-15,17-18,20-21H,4,7,10,13,16,19,22-28H2,1-3H3,(H4,33,34,35,36,39);5-6,8-9,11-12,14-15,17-18,20-21H,4,7,10,13,16,19,22-26H2,1-3H3,(H,33,37)(H4,31,32,34,35,38);5-6,8-9,11-12,14-15,17-18,20-21H,4,7,10,13,16,19,22-26H2,1-3H3,(H4,31,32,33,34,37)/b3*6-5-,9-8-,12-11-,15-14-,18-17-,21-20-. The largest absolute Gasteiger partial charge is 0.449 e. The number of rotatable bonds is 56. The molecule has 0 aromatic rings. The molecule has 25 nitrogen and oxygen atoms in total. The SMILES string of the molecule is CC/C=C\C/C=C\C/C=C\C/C=C\C/C=C\C/C=C\CCC(=O)CCCCCOC(=O)NC(N)=NC(=N)N(C)C.CC/C=C\C/C=C\C/C=C\C/C=C\C/C=C\C/C=C\CCC(=O)CCCOC(=O)NC(N)=NC(=N)N(C)C.CC/C=C\C/C=C\C/C=C\C/C=C\C/C=C\C/C=C\CCC(=O)NCCCOC(=O)NC(N)=NC(=N)N(C)C.